The quantitative estimate of drug-likeness (QED) is 0.388. The van der Waals surface area contributed by atoms with Gasteiger partial charge in [0.25, 0.3) is 0 Å². The number of hydrogen-bond donors (Lipinski definition) is 1. The number of amides is 1. The van der Waals surface area contributed by atoms with Crippen molar-refractivity contribution in [1.29, 1.82) is 0 Å². The Balaban J connectivity index is 3.61. The van der Waals surface area contributed by atoms with E-state index in [1.165, 1.54) is 7.05 Å². The van der Waals surface area contributed by atoms with Gasteiger partial charge in [-0.05, 0) is 6.42 Å². The van der Waals surface area contributed by atoms with Crippen LogP contribution in [-0.2, 0) is 14.3 Å². The van der Waals surface area contributed by atoms with Crippen LogP contribution in [0.1, 0.15) is 19.8 Å². The van der Waals surface area contributed by atoms with Crippen molar-refractivity contribution >= 4 is 11.9 Å². The van der Waals surface area contributed by atoms with Crippen molar-refractivity contribution in [2.75, 3.05) is 13.7 Å². The molecule has 0 saturated carbocycles. The van der Waals surface area contributed by atoms with Crippen molar-refractivity contribution in [2.24, 2.45) is 0 Å². The predicted molar refractivity (Wildman–Crippen MR) is 49.1 cm³/mol. The van der Waals surface area contributed by atoms with Crippen molar-refractivity contribution in [3.8, 4) is 0 Å². The van der Waals surface area contributed by atoms with E-state index in [0.717, 1.165) is 25.0 Å². The molecule has 4 nitrogen and oxygen atoms in total. The number of esters is 1. The summed E-state index contributed by atoms with van der Waals surface area (Å²) in [6, 6.07) is 0. The van der Waals surface area contributed by atoms with Crippen molar-refractivity contribution in [1.82, 2.24) is 5.32 Å². The highest BCUT2D eigenvalue weighted by Crippen LogP contribution is 1.89. The third-order valence-corrected chi connectivity index (χ3v) is 1.36. The van der Waals surface area contributed by atoms with Crippen molar-refractivity contribution in [2.45, 2.75) is 19.8 Å². The molecule has 0 heterocycles. The molecule has 0 radical (unpaired) electrons. The maximum Gasteiger partial charge on any atom is 0.330 e. The summed E-state index contributed by atoms with van der Waals surface area (Å²) in [5.74, 6) is -0.788. The van der Waals surface area contributed by atoms with Gasteiger partial charge in [-0.1, -0.05) is 13.3 Å². The molecule has 0 aliphatic rings. The third-order valence-electron chi connectivity index (χ3n) is 1.36. The Morgan fingerprint density at radius 2 is 2.08 bits per heavy atom. The van der Waals surface area contributed by atoms with Gasteiger partial charge in [-0.2, -0.15) is 0 Å². The number of likely N-dealkylation sites (N-methyl/N-ethyl adjacent to an activating group) is 1. The molecule has 1 N–H and O–H groups in total. The van der Waals surface area contributed by atoms with E-state index >= 15 is 0 Å². The van der Waals surface area contributed by atoms with Gasteiger partial charge >= 0.3 is 5.97 Å². The first kappa shape index (κ1) is 11.7. The lowest BCUT2D eigenvalue weighted by Gasteiger charge is -1.98. The Kier molecular flexibility index (Phi) is 6.59. The Bertz CT molecular complexity index is 199. The fourth-order valence-corrected chi connectivity index (χ4v) is 0.592. The molecule has 0 unspecified atom stereocenters. The smallest absolute Gasteiger partial charge is 0.330 e. The van der Waals surface area contributed by atoms with E-state index in [-0.39, 0.29) is 5.91 Å². The number of carbonyl (C=O) groups excluding carboxylic acids is 2. The lowest BCUT2D eigenvalue weighted by Crippen LogP contribution is -2.15. The maximum absolute atomic E-state index is 10.8. The summed E-state index contributed by atoms with van der Waals surface area (Å²) in [6.07, 6.45) is 4.09. The first-order chi connectivity index (χ1) is 6.20. The highest BCUT2D eigenvalue weighted by atomic mass is 16.5. The van der Waals surface area contributed by atoms with Gasteiger partial charge in [-0.25, -0.2) is 4.79 Å². The van der Waals surface area contributed by atoms with Crippen LogP contribution in [0.3, 0.4) is 0 Å². The summed E-state index contributed by atoms with van der Waals surface area (Å²) in [4.78, 5) is 21.5. The molecule has 0 aromatic carbocycles. The highest BCUT2D eigenvalue weighted by Gasteiger charge is 1.96. The topological polar surface area (TPSA) is 55.4 Å². The van der Waals surface area contributed by atoms with Crippen LogP contribution in [0, 0.1) is 0 Å². The molecular weight excluding hydrogens is 170 g/mol. The Labute approximate surface area is 78.0 Å². The second kappa shape index (κ2) is 7.34. The van der Waals surface area contributed by atoms with Crippen molar-refractivity contribution in [3.05, 3.63) is 12.2 Å². The average molecular weight is 185 g/mol. The molecule has 74 valence electrons. The van der Waals surface area contributed by atoms with Gasteiger partial charge < -0.3 is 10.1 Å². The summed E-state index contributed by atoms with van der Waals surface area (Å²) in [5.41, 5.74) is 0. The SMILES string of the molecule is CCCCOC(=O)C=CC(=O)NC. The minimum atomic E-state index is -0.475. The average Bonchev–Trinajstić information content (AvgIpc) is 2.14. The zero-order chi connectivity index (χ0) is 10.1. The van der Waals surface area contributed by atoms with Gasteiger partial charge in [0, 0.05) is 19.2 Å². The standard InChI is InChI=1S/C9H15NO3/c1-3-4-7-13-9(12)6-5-8(11)10-2/h5-6H,3-4,7H2,1-2H3,(H,10,11). The van der Waals surface area contributed by atoms with Crippen LogP contribution in [0.25, 0.3) is 0 Å². The number of unbranched alkanes of at least 4 members (excludes halogenated alkanes) is 1. The molecule has 4 heteroatoms. The van der Waals surface area contributed by atoms with Gasteiger partial charge in [0.15, 0.2) is 0 Å². The molecule has 0 spiro atoms. The van der Waals surface area contributed by atoms with Crippen LogP contribution in [-0.4, -0.2) is 25.5 Å². The first-order valence-corrected chi connectivity index (χ1v) is 4.27. The molecule has 0 fully saturated rings. The van der Waals surface area contributed by atoms with E-state index in [9.17, 15) is 9.59 Å². The molecule has 0 atom stereocenters. The molecule has 0 aromatic rings. The van der Waals surface area contributed by atoms with Crippen LogP contribution >= 0.6 is 0 Å². The van der Waals surface area contributed by atoms with Gasteiger partial charge in [0.05, 0.1) is 6.61 Å². The van der Waals surface area contributed by atoms with Gasteiger partial charge in [0.2, 0.25) is 5.91 Å². The van der Waals surface area contributed by atoms with E-state index < -0.39 is 5.97 Å². The van der Waals surface area contributed by atoms with Crippen molar-refractivity contribution < 1.29 is 14.3 Å². The Morgan fingerprint density at radius 1 is 1.38 bits per heavy atom. The first-order valence-electron chi connectivity index (χ1n) is 4.27. The second-order valence-electron chi connectivity index (χ2n) is 2.47. The fraction of sp³-hybridized carbons (Fsp3) is 0.556. The lowest BCUT2D eigenvalue weighted by atomic mass is 10.4. The number of rotatable bonds is 5. The minimum absolute atomic E-state index is 0.313. The molecular formula is C9H15NO3. The van der Waals surface area contributed by atoms with Gasteiger partial charge in [0.1, 0.15) is 0 Å². The zero-order valence-electron chi connectivity index (χ0n) is 8.00. The summed E-state index contributed by atoms with van der Waals surface area (Å²) in [6.45, 7) is 2.42. The minimum Gasteiger partial charge on any atom is -0.463 e. The molecule has 0 bridgehead atoms. The summed E-state index contributed by atoms with van der Waals surface area (Å²) >= 11 is 0. The van der Waals surface area contributed by atoms with Crippen LogP contribution in [0.4, 0.5) is 0 Å². The van der Waals surface area contributed by atoms with Crippen molar-refractivity contribution in [3.63, 3.8) is 0 Å². The molecule has 13 heavy (non-hydrogen) atoms. The van der Waals surface area contributed by atoms with Crippen LogP contribution in [0.5, 0.6) is 0 Å². The van der Waals surface area contributed by atoms with Crippen LogP contribution in [0.15, 0.2) is 12.2 Å². The van der Waals surface area contributed by atoms with E-state index in [0.29, 0.717) is 6.61 Å². The van der Waals surface area contributed by atoms with E-state index in [1.807, 2.05) is 6.92 Å². The number of nitrogens with one attached hydrogen (secondary N) is 1. The van der Waals surface area contributed by atoms with E-state index in [1.54, 1.807) is 0 Å². The van der Waals surface area contributed by atoms with Crippen LogP contribution < -0.4 is 5.32 Å². The largest absolute Gasteiger partial charge is 0.463 e. The zero-order valence-corrected chi connectivity index (χ0v) is 8.00. The lowest BCUT2D eigenvalue weighted by molar-refractivity contribution is -0.138. The molecule has 0 aromatic heterocycles. The third kappa shape index (κ3) is 7.05. The number of hydrogen-bond acceptors (Lipinski definition) is 3. The molecule has 1 amide bonds. The maximum atomic E-state index is 10.8. The normalized spacial score (nSPS) is 10.0. The Hall–Kier alpha value is -1.32. The van der Waals surface area contributed by atoms with Crippen LogP contribution in [0.2, 0.25) is 0 Å². The summed E-state index contributed by atoms with van der Waals surface area (Å²) < 4.78 is 4.77. The van der Waals surface area contributed by atoms with Gasteiger partial charge in [-0.15, -0.1) is 0 Å². The Morgan fingerprint density at radius 3 is 2.62 bits per heavy atom. The van der Waals surface area contributed by atoms with Gasteiger partial charge in [-0.3, -0.25) is 4.79 Å². The predicted octanol–water partition coefficient (Wildman–Crippen LogP) is 0.632. The molecule has 0 aliphatic heterocycles. The number of carbonyl (C=O) groups is 2. The summed E-state index contributed by atoms with van der Waals surface area (Å²) in [7, 11) is 1.50. The second-order valence-corrected chi connectivity index (χ2v) is 2.47. The monoisotopic (exact) mass is 185 g/mol. The highest BCUT2D eigenvalue weighted by molar-refractivity contribution is 5.94. The fourth-order valence-electron chi connectivity index (χ4n) is 0.592. The number of ether oxygens (including phenoxy) is 1. The molecule has 0 aliphatic carbocycles. The molecule has 0 saturated heterocycles. The summed E-state index contributed by atoms with van der Waals surface area (Å²) in [5, 5.41) is 2.35. The molecule has 0 rings (SSSR count). The van der Waals surface area contributed by atoms with E-state index in [4.69, 9.17) is 4.74 Å². The van der Waals surface area contributed by atoms with E-state index in [2.05, 4.69) is 5.32 Å².